The van der Waals surface area contributed by atoms with E-state index in [0.717, 1.165) is 11.3 Å². The molecule has 19 heavy (non-hydrogen) atoms. The fourth-order valence-corrected chi connectivity index (χ4v) is 2.43. The molecule has 98 valence electrons. The molecule has 1 aromatic heterocycles. The maximum atomic E-state index is 9.02. The van der Waals surface area contributed by atoms with Crippen molar-refractivity contribution >= 4 is 22.4 Å². The van der Waals surface area contributed by atoms with Gasteiger partial charge in [0, 0.05) is 6.04 Å². The third kappa shape index (κ3) is 2.77. The number of aromatic nitrogens is 1. The summed E-state index contributed by atoms with van der Waals surface area (Å²) in [4.78, 5) is 0. The van der Waals surface area contributed by atoms with Gasteiger partial charge in [-0.05, 0) is 36.2 Å². The standard InChI is InChI=1S/C13H14N4OS/c1-8(9-3-5-10(18-2)6-4-9)16-13-11(7-14)12(15)17-19-13/h3-6,8,16H,1-2H3,(H2,15,17). The lowest BCUT2D eigenvalue weighted by Gasteiger charge is -2.14. The molecule has 2 aromatic rings. The van der Waals surface area contributed by atoms with Crippen LogP contribution in [-0.4, -0.2) is 11.5 Å². The number of hydrogen-bond acceptors (Lipinski definition) is 6. The molecule has 0 saturated heterocycles. The lowest BCUT2D eigenvalue weighted by Crippen LogP contribution is -2.06. The van der Waals surface area contributed by atoms with E-state index in [-0.39, 0.29) is 11.9 Å². The first-order chi connectivity index (χ1) is 9.15. The monoisotopic (exact) mass is 274 g/mol. The van der Waals surface area contributed by atoms with Crippen molar-refractivity contribution in [2.75, 3.05) is 18.2 Å². The molecular weight excluding hydrogens is 260 g/mol. The van der Waals surface area contributed by atoms with Crippen molar-refractivity contribution in [2.45, 2.75) is 13.0 Å². The molecule has 0 amide bonds. The molecule has 0 fully saturated rings. The van der Waals surface area contributed by atoms with E-state index in [4.69, 9.17) is 15.7 Å². The zero-order chi connectivity index (χ0) is 13.8. The fraction of sp³-hybridized carbons (Fsp3) is 0.231. The van der Waals surface area contributed by atoms with Crippen LogP contribution in [0.5, 0.6) is 5.75 Å². The summed E-state index contributed by atoms with van der Waals surface area (Å²) in [6.45, 7) is 2.01. The molecule has 1 unspecified atom stereocenters. The number of rotatable bonds is 4. The van der Waals surface area contributed by atoms with Crippen molar-refractivity contribution in [3.63, 3.8) is 0 Å². The number of anilines is 2. The minimum atomic E-state index is 0.0536. The smallest absolute Gasteiger partial charge is 0.157 e. The van der Waals surface area contributed by atoms with Crippen molar-refractivity contribution in [3.05, 3.63) is 35.4 Å². The number of nitriles is 1. The molecule has 0 aliphatic carbocycles. The Morgan fingerprint density at radius 2 is 2.11 bits per heavy atom. The minimum absolute atomic E-state index is 0.0536. The van der Waals surface area contributed by atoms with Crippen LogP contribution in [0.3, 0.4) is 0 Å². The zero-order valence-corrected chi connectivity index (χ0v) is 11.5. The van der Waals surface area contributed by atoms with E-state index >= 15 is 0 Å². The molecule has 3 N–H and O–H groups in total. The number of hydrogen-bond donors (Lipinski definition) is 2. The predicted molar refractivity (Wildman–Crippen MR) is 76.3 cm³/mol. The number of nitrogen functional groups attached to an aromatic ring is 1. The van der Waals surface area contributed by atoms with E-state index in [1.807, 2.05) is 31.2 Å². The summed E-state index contributed by atoms with van der Waals surface area (Å²) in [6, 6.07) is 9.88. The first-order valence-electron chi connectivity index (χ1n) is 5.71. The maximum absolute atomic E-state index is 9.02. The van der Waals surface area contributed by atoms with Crippen molar-refractivity contribution < 1.29 is 4.74 Å². The zero-order valence-electron chi connectivity index (χ0n) is 10.7. The van der Waals surface area contributed by atoms with Gasteiger partial charge in [-0.25, -0.2) is 0 Å². The molecule has 0 aliphatic rings. The number of nitrogens with two attached hydrogens (primary N) is 1. The van der Waals surface area contributed by atoms with Gasteiger partial charge in [0.2, 0.25) is 0 Å². The molecule has 5 nitrogen and oxygen atoms in total. The Bertz CT molecular complexity index is 600. The van der Waals surface area contributed by atoms with Gasteiger partial charge >= 0.3 is 0 Å². The molecule has 1 heterocycles. The van der Waals surface area contributed by atoms with E-state index in [0.29, 0.717) is 10.6 Å². The van der Waals surface area contributed by atoms with Crippen molar-refractivity contribution in [1.82, 2.24) is 4.37 Å². The molecule has 1 atom stereocenters. The molecule has 0 radical (unpaired) electrons. The quantitative estimate of drug-likeness (QED) is 0.895. The Labute approximate surface area is 115 Å². The van der Waals surface area contributed by atoms with Crippen molar-refractivity contribution in [3.8, 4) is 11.8 Å². The van der Waals surface area contributed by atoms with Crippen LogP contribution in [-0.2, 0) is 0 Å². The highest BCUT2D eigenvalue weighted by Crippen LogP contribution is 2.29. The van der Waals surface area contributed by atoms with Crippen LogP contribution in [0.25, 0.3) is 0 Å². The van der Waals surface area contributed by atoms with Gasteiger partial charge in [-0.2, -0.15) is 9.64 Å². The summed E-state index contributed by atoms with van der Waals surface area (Å²) in [7, 11) is 1.63. The second kappa shape index (κ2) is 5.59. The third-order valence-corrected chi connectivity index (χ3v) is 3.59. The Morgan fingerprint density at radius 3 is 2.68 bits per heavy atom. The lowest BCUT2D eigenvalue weighted by atomic mass is 10.1. The second-order valence-electron chi connectivity index (χ2n) is 4.02. The Morgan fingerprint density at radius 1 is 1.42 bits per heavy atom. The van der Waals surface area contributed by atoms with Gasteiger partial charge in [-0.15, -0.1) is 0 Å². The van der Waals surface area contributed by atoms with Crippen LogP contribution >= 0.6 is 11.5 Å². The van der Waals surface area contributed by atoms with Crippen LogP contribution in [0.4, 0.5) is 10.8 Å². The number of benzene rings is 1. The molecule has 0 saturated carbocycles. The van der Waals surface area contributed by atoms with Crippen LogP contribution in [0.15, 0.2) is 24.3 Å². The second-order valence-corrected chi connectivity index (χ2v) is 4.80. The molecule has 0 spiro atoms. The molecular formula is C13H14N4OS. The lowest BCUT2D eigenvalue weighted by molar-refractivity contribution is 0.414. The summed E-state index contributed by atoms with van der Waals surface area (Å²) in [5.74, 6) is 1.09. The fourth-order valence-electron chi connectivity index (χ4n) is 1.68. The van der Waals surface area contributed by atoms with E-state index in [9.17, 15) is 0 Å². The highest BCUT2D eigenvalue weighted by atomic mass is 32.1. The van der Waals surface area contributed by atoms with Crippen LogP contribution < -0.4 is 15.8 Å². The van der Waals surface area contributed by atoms with Crippen molar-refractivity contribution in [1.29, 1.82) is 5.26 Å². The number of nitrogens with one attached hydrogen (secondary N) is 1. The van der Waals surface area contributed by atoms with E-state index in [1.54, 1.807) is 7.11 Å². The average molecular weight is 274 g/mol. The average Bonchev–Trinajstić information content (AvgIpc) is 2.79. The number of nitrogens with zero attached hydrogens (tertiary/aromatic N) is 2. The topological polar surface area (TPSA) is 84.0 Å². The number of ether oxygens (including phenoxy) is 1. The first-order valence-corrected chi connectivity index (χ1v) is 6.48. The van der Waals surface area contributed by atoms with Crippen LogP contribution in [0.1, 0.15) is 24.1 Å². The highest BCUT2D eigenvalue weighted by Gasteiger charge is 2.14. The molecule has 6 heteroatoms. The molecule has 0 bridgehead atoms. The SMILES string of the molecule is COc1ccc(C(C)Nc2snc(N)c2C#N)cc1. The predicted octanol–water partition coefficient (Wildman–Crippen LogP) is 2.78. The Kier molecular flexibility index (Phi) is 3.88. The molecule has 0 aliphatic heterocycles. The summed E-state index contributed by atoms with van der Waals surface area (Å²) in [5, 5.41) is 13.0. The highest BCUT2D eigenvalue weighted by molar-refractivity contribution is 7.10. The summed E-state index contributed by atoms with van der Waals surface area (Å²) >= 11 is 1.20. The summed E-state index contributed by atoms with van der Waals surface area (Å²) < 4.78 is 9.10. The van der Waals surface area contributed by atoms with Gasteiger partial charge in [0.05, 0.1) is 7.11 Å². The summed E-state index contributed by atoms with van der Waals surface area (Å²) in [5.41, 5.74) is 7.13. The van der Waals surface area contributed by atoms with Crippen LogP contribution in [0.2, 0.25) is 0 Å². The summed E-state index contributed by atoms with van der Waals surface area (Å²) in [6.07, 6.45) is 0. The van der Waals surface area contributed by atoms with Gasteiger partial charge in [-0.1, -0.05) is 12.1 Å². The Balaban J connectivity index is 2.16. The van der Waals surface area contributed by atoms with Gasteiger partial charge in [0.15, 0.2) is 5.82 Å². The minimum Gasteiger partial charge on any atom is -0.497 e. The van der Waals surface area contributed by atoms with Gasteiger partial charge in [0.1, 0.15) is 22.4 Å². The normalized spacial score (nSPS) is 11.6. The van der Waals surface area contributed by atoms with E-state index in [1.165, 1.54) is 11.5 Å². The Hall–Kier alpha value is -2.26. The van der Waals surface area contributed by atoms with E-state index in [2.05, 4.69) is 15.8 Å². The number of methoxy groups -OCH3 is 1. The third-order valence-electron chi connectivity index (χ3n) is 2.79. The van der Waals surface area contributed by atoms with Gasteiger partial charge in [-0.3, -0.25) is 0 Å². The molecule has 1 aromatic carbocycles. The van der Waals surface area contributed by atoms with Gasteiger partial charge in [0.25, 0.3) is 0 Å². The first kappa shape index (κ1) is 13.2. The molecule has 2 rings (SSSR count). The van der Waals surface area contributed by atoms with Crippen LogP contribution in [0, 0.1) is 11.3 Å². The van der Waals surface area contributed by atoms with E-state index < -0.39 is 0 Å². The maximum Gasteiger partial charge on any atom is 0.157 e. The van der Waals surface area contributed by atoms with Gasteiger partial charge < -0.3 is 15.8 Å². The largest absolute Gasteiger partial charge is 0.497 e. The van der Waals surface area contributed by atoms with Crippen molar-refractivity contribution in [2.24, 2.45) is 0 Å².